The van der Waals surface area contributed by atoms with Gasteiger partial charge in [0.25, 0.3) is 0 Å². The highest BCUT2D eigenvalue weighted by Crippen LogP contribution is 2.34. The van der Waals surface area contributed by atoms with Gasteiger partial charge in [-0.15, -0.1) is 0 Å². The Morgan fingerprint density at radius 2 is 2.33 bits per heavy atom. The van der Waals surface area contributed by atoms with Crippen LogP contribution in [0.4, 0.5) is 17.1 Å². The summed E-state index contributed by atoms with van der Waals surface area (Å²) in [6.45, 7) is 3.29. The summed E-state index contributed by atoms with van der Waals surface area (Å²) in [4.78, 5) is 10.6. The fourth-order valence-electron chi connectivity index (χ4n) is 2.22. The molecular formula is C12H17N3O3. The predicted octanol–water partition coefficient (Wildman–Crippen LogP) is 2.16. The largest absolute Gasteiger partial charge is 0.393 e. The molecule has 1 heterocycles. The number of hydrogen-bond donors (Lipinski definition) is 2. The van der Waals surface area contributed by atoms with Crippen LogP contribution in [0.15, 0.2) is 18.2 Å². The van der Waals surface area contributed by atoms with Crippen molar-refractivity contribution in [3.8, 4) is 0 Å². The molecule has 0 bridgehead atoms. The molecule has 0 saturated carbocycles. The van der Waals surface area contributed by atoms with Crippen molar-refractivity contribution in [3.63, 3.8) is 0 Å². The summed E-state index contributed by atoms with van der Waals surface area (Å²) in [5.74, 6) is 0. The monoisotopic (exact) mass is 251 g/mol. The van der Waals surface area contributed by atoms with Crippen LogP contribution in [-0.2, 0) is 4.74 Å². The van der Waals surface area contributed by atoms with Gasteiger partial charge in [0.15, 0.2) is 0 Å². The van der Waals surface area contributed by atoms with E-state index in [0.29, 0.717) is 12.3 Å². The second-order valence-electron chi connectivity index (χ2n) is 4.84. The fourth-order valence-corrected chi connectivity index (χ4v) is 2.22. The van der Waals surface area contributed by atoms with E-state index in [9.17, 15) is 10.1 Å². The molecule has 0 aliphatic carbocycles. The molecule has 3 N–H and O–H groups in total. The van der Waals surface area contributed by atoms with Crippen molar-refractivity contribution >= 4 is 17.1 Å². The standard InChI is InChI=1S/C12H17N3O3/c1-12(6-3-7-18-8-12)14-10-5-2-4-9(13)11(10)15(16)17/h2,4-5,14H,3,6-8,13H2,1H3. The van der Waals surface area contributed by atoms with Gasteiger partial charge < -0.3 is 15.8 Å². The molecule has 1 aliphatic heterocycles. The molecule has 1 unspecified atom stereocenters. The fraction of sp³-hybridized carbons (Fsp3) is 0.500. The van der Waals surface area contributed by atoms with E-state index in [0.717, 1.165) is 19.4 Å². The molecule has 1 aromatic carbocycles. The third-order valence-corrected chi connectivity index (χ3v) is 3.12. The van der Waals surface area contributed by atoms with E-state index in [2.05, 4.69) is 5.32 Å². The highest BCUT2D eigenvalue weighted by molar-refractivity contribution is 5.74. The second kappa shape index (κ2) is 4.81. The second-order valence-corrected chi connectivity index (χ2v) is 4.84. The number of benzene rings is 1. The molecule has 1 aromatic rings. The zero-order valence-electron chi connectivity index (χ0n) is 10.3. The number of nitrogen functional groups attached to an aromatic ring is 1. The smallest absolute Gasteiger partial charge is 0.314 e. The predicted molar refractivity (Wildman–Crippen MR) is 69.6 cm³/mol. The lowest BCUT2D eigenvalue weighted by atomic mass is 9.94. The molecule has 18 heavy (non-hydrogen) atoms. The Morgan fingerprint density at radius 3 is 2.94 bits per heavy atom. The van der Waals surface area contributed by atoms with Gasteiger partial charge in [-0.1, -0.05) is 6.07 Å². The van der Waals surface area contributed by atoms with Gasteiger partial charge in [0.05, 0.1) is 17.1 Å². The number of ether oxygens (including phenoxy) is 1. The molecule has 6 nitrogen and oxygen atoms in total. The average molecular weight is 251 g/mol. The van der Waals surface area contributed by atoms with Crippen LogP contribution in [0.2, 0.25) is 0 Å². The van der Waals surface area contributed by atoms with Crippen LogP contribution in [0.25, 0.3) is 0 Å². The van der Waals surface area contributed by atoms with Gasteiger partial charge in [0, 0.05) is 6.61 Å². The topological polar surface area (TPSA) is 90.4 Å². The molecule has 98 valence electrons. The number of nitrogens with two attached hydrogens (primary N) is 1. The Hall–Kier alpha value is -1.82. The quantitative estimate of drug-likeness (QED) is 0.488. The lowest BCUT2D eigenvalue weighted by molar-refractivity contribution is -0.383. The third kappa shape index (κ3) is 2.53. The maximum absolute atomic E-state index is 11.0. The van der Waals surface area contributed by atoms with Crippen LogP contribution in [0.3, 0.4) is 0 Å². The van der Waals surface area contributed by atoms with Gasteiger partial charge in [0.2, 0.25) is 0 Å². The Labute approximate surface area is 105 Å². The lowest BCUT2D eigenvalue weighted by Gasteiger charge is -2.35. The molecule has 6 heteroatoms. The van der Waals surface area contributed by atoms with E-state index in [1.165, 1.54) is 6.07 Å². The molecule has 1 fully saturated rings. The molecule has 1 aliphatic rings. The molecule has 0 amide bonds. The number of hydrogen-bond acceptors (Lipinski definition) is 5. The molecule has 1 atom stereocenters. The Kier molecular flexibility index (Phi) is 3.38. The molecule has 0 aromatic heterocycles. The first-order valence-electron chi connectivity index (χ1n) is 5.91. The number of nitrogens with one attached hydrogen (secondary N) is 1. The van der Waals surface area contributed by atoms with E-state index in [4.69, 9.17) is 10.5 Å². The van der Waals surface area contributed by atoms with Crippen LogP contribution in [0.5, 0.6) is 0 Å². The van der Waals surface area contributed by atoms with Gasteiger partial charge in [0.1, 0.15) is 11.4 Å². The van der Waals surface area contributed by atoms with Crippen LogP contribution < -0.4 is 11.1 Å². The van der Waals surface area contributed by atoms with Crippen molar-refractivity contribution in [2.75, 3.05) is 24.3 Å². The summed E-state index contributed by atoms with van der Waals surface area (Å²) in [6.07, 6.45) is 1.86. The number of rotatable bonds is 3. The first-order chi connectivity index (χ1) is 8.52. The van der Waals surface area contributed by atoms with Crippen molar-refractivity contribution in [3.05, 3.63) is 28.3 Å². The first kappa shape index (κ1) is 12.6. The number of nitrogens with zero attached hydrogens (tertiary/aromatic N) is 1. The number of anilines is 2. The minimum absolute atomic E-state index is 0.0655. The van der Waals surface area contributed by atoms with Gasteiger partial charge in [-0.3, -0.25) is 10.1 Å². The van der Waals surface area contributed by atoms with E-state index in [1.807, 2.05) is 6.92 Å². The van der Waals surface area contributed by atoms with E-state index < -0.39 is 4.92 Å². The van der Waals surface area contributed by atoms with Crippen molar-refractivity contribution < 1.29 is 9.66 Å². The zero-order valence-corrected chi connectivity index (χ0v) is 10.3. The molecule has 0 radical (unpaired) electrons. The minimum Gasteiger partial charge on any atom is -0.393 e. The normalized spacial score (nSPS) is 23.6. The highest BCUT2D eigenvalue weighted by Gasteiger charge is 2.30. The van der Waals surface area contributed by atoms with Crippen LogP contribution in [0, 0.1) is 10.1 Å². The van der Waals surface area contributed by atoms with Gasteiger partial charge in [-0.2, -0.15) is 0 Å². The van der Waals surface area contributed by atoms with Crippen LogP contribution in [-0.4, -0.2) is 23.7 Å². The van der Waals surface area contributed by atoms with Gasteiger partial charge in [-0.05, 0) is 31.9 Å². The number of nitro groups is 1. The Bertz CT molecular complexity index is 456. The Morgan fingerprint density at radius 1 is 1.56 bits per heavy atom. The van der Waals surface area contributed by atoms with Crippen molar-refractivity contribution in [2.45, 2.75) is 25.3 Å². The maximum Gasteiger partial charge on any atom is 0.314 e. The first-order valence-corrected chi connectivity index (χ1v) is 5.91. The van der Waals surface area contributed by atoms with E-state index >= 15 is 0 Å². The summed E-state index contributed by atoms with van der Waals surface area (Å²) in [5.41, 5.74) is 5.93. The number of nitro benzene ring substituents is 1. The SMILES string of the molecule is CC1(Nc2cccc(N)c2[N+](=O)[O-])CCCOC1. The summed E-state index contributed by atoms with van der Waals surface area (Å²) in [7, 11) is 0. The van der Waals surface area contributed by atoms with Gasteiger partial charge in [-0.25, -0.2) is 0 Å². The summed E-state index contributed by atoms with van der Waals surface area (Å²) >= 11 is 0. The van der Waals surface area contributed by atoms with E-state index in [1.54, 1.807) is 12.1 Å². The van der Waals surface area contributed by atoms with Gasteiger partial charge >= 0.3 is 5.69 Å². The van der Waals surface area contributed by atoms with Crippen molar-refractivity contribution in [1.29, 1.82) is 0 Å². The van der Waals surface area contributed by atoms with Crippen LogP contribution in [0.1, 0.15) is 19.8 Å². The third-order valence-electron chi connectivity index (χ3n) is 3.12. The van der Waals surface area contributed by atoms with Crippen LogP contribution >= 0.6 is 0 Å². The Balaban J connectivity index is 2.28. The summed E-state index contributed by atoms with van der Waals surface area (Å²) in [6, 6.07) is 4.91. The minimum atomic E-state index is -0.454. The summed E-state index contributed by atoms with van der Waals surface area (Å²) < 4.78 is 5.42. The van der Waals surface area contributed by atoms with E-state index in [-0.39, 0.29) is 16.9 Å². The van der Waals surface area contributed by atoms with Crippen molar-refractivity contribution in [2.24, 2.45) is 0 Å². The highest BCUT2D eigenvalue weighted by atomic mass is 16.6. The molecule has 2 rings (SSSR count). The summed E-state index contributed by atoms with van der Waals surface area (Å²) in [5, 5.41) is 14.2. The molecule has 0 spiro atoms. The van der Waals surface area contributed by atoms with Crippen molar-refractivity contribution in [1.82, 2.24) is 0 Å². The molecular weight excluding hydrogens is 234 g/mol. The zero-order chi connectivity index (χ0) is 13.2. The maximum atomic E-state index is 11.0. The molecule has 1 saturated heterocycles. The lowest BCUT2D eigenvalue weighted by Crippen LogP contribution is -2.43. The number of para-hydroxylation sites is 1. The average Bonchev–Trinajstić information content (AvgIpc) is 2.28.